The molecule has 4 rings (SSSR count). The van der Waals surface area contributed by atoms with E-state index in [2.05, 4.69) is 5.32 Å². The third-order valence-corrected chi connectivity index (χ3v) is 4.31. The lowest BCUT2D eigenvalue weighted by Crippen LogP contribution is -2.26. The molecule has 4 heteroatoms. The van der Waals surface area contributed by atoms with Crippen LogP contribution in [0.3, 0.4) is 0 Å². The van der Waals surface area contributed by atoms with Crippen molar-refractivity contribution in [2.45, 2.75) is 26.3 Å². The highest BCUT2D eigenvalue weighted by Gasteiger charge is 2.38. The third-order valence-electron chi connectivity index (χ3n) is 4.31. The third kappa shape index (κ3) is 2.54. The summed E-state index contributed by atoms with van der Waals surface area (Å²) in [5.41, 5.74) is 2.34. The summed E-state index contributed by atoms with van der Waals surface area (Å²) in [6, 6.07) is 16.4. The normalized spacial score (nSPS) is 13.3. The molecule has 130 valence electrons. The van der Waals surface area contributed by atoms with E-state index in [1.807, 2.05) is 51.1 Å². The minimum atomic E-state index is -0.289. The minimum absolute atomic E-state index is 0.110. The first-order valence-corrected chi connectivity index (χ1v) is 8.55. The molecule has 0 saturated carbocycles. The minimum Gasteiger partial charge on any atom is -0.436 e. The van der Waals surface area contributed by atoms with Gasteiger partial charge in [0.1, 0.15) is 0 Å². The van der Waals surface area contributed by atoms with Gasteiger partial charge in [-0.25, -0.2) is 0 Å². The Morgan fingerprint density at radius 1 is 0.769 bits per heavy atom. The number of benzene rings is 2. The summed E-state index contributed by atoms with van der Waals surface area (Å²) in [6.07, 6.45) is 0. The molecule has 0 fully saturated rings. The van der Waals surface area contributed by atoms with Gasteiger partial charge in [-0.2, -0.15) is 0 Å². The molecule has 1 aliphatic rings. The Bertz CT molecular complexity index is 1020. The van der Waals surface area contributed by atoms with Gasteiger partial charge in [-0.05, 0) is 26.3 Å². The standard InChI is InChI=1S/C22H19NO3/c1-22(2,3)23-21-16(13-9-5-4-6-10-13)17-18(24)14-11-7-8-12-15(14)19(25)20(17)26-21/h4-12,23H,1-3H3. The number of furan rings is 1. The number of fused-ring (bicyclic) bond motifs is 2. The van der Waals surface area contributed by atoms with Crippen molar-refractivity contribution < 1.29 is 14.0 Å². The molecule has 0 amide bonds. The molecular formula is C22H19NO3. The molecule has 1 aliphatic carbocycles. The highest BCUT2D eigenvalue weighted by Crippen LogP contribution is 2.42. The zero-order valence-corrected chi connectivity index (χ0v) is 14.9. The predicted molar refractivity (Wildman–Crippen MR) is 101 cm³/mol. The summed E-state index contributed by atoms with van der Waals surface area (Å²) >= 11 is 0. The van der Waals surface area contributed by atoms with Crippen LogP contribution >= 0.6 is 0 Å². The average Bonchev–Trinajstić information content (AvgIpc) is 2.98. The SMILES string of the molecule is CC(C)(C)Nc1oc2c(c1-c1ccccc1)C(=O)c1ccccc1C2=O. The summed E-state index contributed by atoms with van der Waals surface area (Å²) in [5.74, 6) is 0.122. The molecule has 0 saturated heterocycles. The van der Waals surface area contributed by atoms with E-state index in [0.29, 0.717) is 28.1 Å². The number of ketones is 2. The van der Waals surface area contributed by atoms with Crippen molar-refractivity contribution in [3.8, 4) is 11.1 Å². The molecule has 1 heterocycles. The van der Waals surface area contributed by atoms with Gasteiger partial charge in [-0.15, -0.1) is 0 Å². The van der Waals surface area contributed by atoms with Gasteiger partial charge in [-0.1, -0.05) is 54.6 Å². The lowest BCUT2D eigenvalue weighted by Gasteiger charge is -2.21. The van der Waals surface area contributed by atoms with Crippen LogP contribution in [0.15, 0.2) is 59.0 Å². The second kappa shape index (κ2) is 5.70. The van der Waals surface area contributed by atoms with Crippen LogP contribution in [-0.4, -0.2) is 17.1 Å². The Hall–Kier alpha value is -3.14. The van der Waals surface area contributed by atoms with Crippen molar-refractivity contribution in [2.75, 3.05) is 5.32 Å². The van der Waals surface area contributed by atoms with Crippen LogP contribution in [0, 0.1) is 0 Å². The Kier molecular flexibility index (Phi) is 3.58. The Labute approximate surface area is 151 Å². The maximum absolute atomic E-state index is 13.2. The summed E-state index contributed by atoms with van der Waals surface area (Å²) in [7, 11) is 0. The highest BCUT2D eigenvalue weighted by molar-refractivity contribution is 6.30. The Morgan fingerprint density at radius 2 is 1.35 bits per heavy atom. The highest BCUT2D eigenvalue weighted by atomic mass is 16.4. The van der Waals surface area contributed by atoms with Crippen LogP contribution in [0.25, 0.3) is 11.1 Å². The van der Waals surface area contributed by atoms with E-state index in [-0.39, 0.29) is 22.9 Å². The molecule has 26 heavy (non-hydrogen) atoms. The van der Waals surface area contributed by atoms with Crippen LogP contribution in [0.4, 0.5) is 5.88 Å². The van der Waals surface area contributed by atoms with Crippen molar-refractivity contribution in [3.63, 3.8) is 0 Å². The number of anilines is 1. The lowest BCUT2D eigenvalue weighted by atomic mass is 9.85. The van der Waals surface area contributed by atoms with E-state index in [1.54, 1.807) is 24.3 Å². The van der Waals surface area contributed by atoms with Gasteiger partial charge in [0.2, 0.25) is 11.7 Å². The van der Waals surface area contributed by atoms with Crippen LogP contribution in [0.1, 0.15) is 52.8 Å². The first kappa shape index (κ1) is 16.3. The largest absolute Gasteiger partial charge is 0.436 e. The molecule has 1 N–H and O–H groups in total. The molecule has 0 bridgehead atoms. The molecule has 0 radical (unpaired) electrons. The monoisotopic (exact) mass is 345 g/mol. The van der Waals surface area contributed by atoms with Gasteiger partial charge in [-0.3, -0.25) is 9.59 Å². The molecule has 0 aliphatic heterocycles. The first-order valence-electron chi connectivity index (χ1n) is 8.55. The van der Waals surface area contributed by atoms with Gasteiger partial charge < -0.3 is 9.73 Å². The van der Waals surface area contributed by atoms with E-state index in [9.17, 15) is 9.59 Å². The molecule has 0 atom stereocenters. The Balaban J connectivity index is 2.00. The number of hydrogen-bond donors (Lipinski definition) is 1. The number of nitrogens with one attached hydrogen (secondary N) is 1. The number of carbonyl (C=O) groups is 2. The molecule has 0 unspecified atom stereocenters. The topological polar surface area (TPSA) is 59.3 Å². The first-order chi connectivity index (χ1) is 12.4. The fourth-order valence-corrected chi connectivity index (χ4v) is 3.25. The average molecular weight is 345 g/mol. The van der Waals surface area contributed by atoms with E-state index >= 15 is 0 Å². The zero-order chi connectivity index (χ0) is 18.5. The maximum atomic E-state index is 13.2. The number of hydrogen-bond acceptors (Lipinski definition) is 4. The van der Waals surface area contributed by atoms with E-state index in [4.69, 9.17) is 4.42 Å². The summed E-state index contributed by atoms with van der Waals surface area (Å²) in [5, 5.41) is 3.30. The number of rotatable bonds is 2. The van der Waals surface area contributed by atoms with Crippen LogP contribution < -0.4 is 5.32 Å². The van der Waals surface area contributed by atoms with Gasteiger partial charge in [0.15, 0.2) is 11.5 Å². The molecule has 3 aromatic rings. The summed E-state index contributed by atoms with van der Waals surface area (Å²) < 4.78 is 5.93. The van der Waals surface area contributed by atoms with Crippen molar-refractivity contribution in [3.05, 3.63) is 77.0 Å². The summed E-state index contributed by atoms with van der Waals surface area (Å²) in [4.78, 5) is 26.1. The maximum Gasteiger partial charge on any atom is 0.229 e. The molecule has 0 spiro atoms. The molecular weight excluding hydrogens is 326 g/mol. The van der Waals surface area contributed by atoms with Gasteiger partial charge >= 0.3 is 0 Å². The fourth-order valence-electron chi connectivity index (χ4n) is 3.25. The number of carbonyl (C=O) groups excluding carboxylic acids is 2. The lowest BCUT2D eigenvalue weighted by molar-refractivity contribution is 0.0961. The second-order valence-corrected chi connectivity index (χ2v) is 7.46. The van der Waals surface area contributed by atoms with E-state index < -0.39 is 0 Å². The van der Waals surface area contributed by atoms with Gasteiger partial charge in [0.05, 0.1) is 11.1 Å². The second-order valence-electron chi connectivity index (χ2n) is 7.46. The smallest absolute Gasteiger partial charge is 0.229 e. The van der Waals surface area contributed by atoms with Crippen molar-refractivity contribution in [1.82, 2.24) is 0 Å². The van der Waals surface area contributed by atoms with Gasteiger partial charge in [0.25, 0.3) is 0 Å². The van der Waals surface area contributed by atoms with Crippen LogP contribution in [0.5, 0.6) is 0 Å². The molecule has 1 aromatic heterocycles. The quantitative estimate of drug-likeness (QED) is 0.559. The van der Waals surface area contributed by atoms with Crippen molar-refractivity contribution in [1.29, 1.82) is 0 Å². The zero-order valence-electron chi connectivity index (χ0n) is 14.9. The predicted octanol–water partition coefficient (Wildman–Crippen LogP) is 4.93. The van der Waals surface area contributed by atoms with E-state index in [1.165, 1.54) is 0 Å². The van der Waals surface area contributed by atoms with Crippen LogP contribution in [-0.2, 0) is 0 Å². The van der Waals surface area contributed by atoms with Gasteiger partial charge in [0, 0.05) is 16.7 Å². The van der Waals surface area contributed by atoms with Crippen molar-refractivity contribution >= 4 is 17.5 Å². The van der Waals surface area contributed by atoms with Crippen LogP contribution in [0.2, 0.25) is 0 Å². The fraction of sp³-hybridized carbons (Fsp3) is 0.182. The molecule has 4 nitrogen and oxygen atoms in total. The summed E-state index contributed by atoms with van der Waals surface area (Å²) in [6.45, 7) is 6.00. The van der Waals surface area contributed by atoms with E-state index in [0.717, 1.165) is 5.56 Å². The Morgan fingerprint density at radius 3 is 1.96 bits per heavy atom. The van der Waals surface area contributed by atoms with Crippen molar-refractivity contribution in [2.24, 2.45) is 0 Å². The molecule has 2 aromatic carbocycles.